The number of rotatable bonds is 5. The van der Waals surface area contributed by atoms with Crippen LogP contribution in [-0.4, -0.2) is 24.0 Å². The van der Waals surface area contributed by atoms with Crippen molar-refractivity contribution in [3.63, 3.8) is 0 Å². The zero-order valence-electron chi connectivity index (χ0n) is 11.9. The number of aryl methyl sites for hydroxylation is 2. The number of anilines is 1. The number of aromatic nitrogens is 2. The molecule has 5 nitrogen and oxygen atoms in total. The Labute approximate surface area is 119 Å². The van der Waals surface area contributed by atoms with E-state index >= 15 is 0 Å². The Morgan fingerprint density at radius 1 is 1.30 bits per heavy atom. The molecule has 2 rings (SSSR count). The van der Waals surface area contributed by atoms with Crippen LogP contribution in [0, 0.1) is 6.92 Å². The number of hydrogen-bond acceptors (Lipinski definition) is 3. The summed E-state index contributed by atoms with van der Waals surface area (Å²) < 4.78 is 28.4. The van der Waals surface area contributed by atoms with E-state index in [0.717, 1.165) is 11.3 Å². The van der Waals surface area contributed by atoms with Gasteiger partial charge in [0.25, 0.3) is 0 Å². The molecule has 0 aliphatic rings. The molecule has 1 aromatic heterocycles. The maximum atomic E-state index is 12.1. The van der Waals surface area contributed by atoms with Crippen LogP contribution in [0.2, 0.25) is 0 Å². The zero-order valence-corrected chi connectivity index (χ0v) is 12.7. The topological polar surface area (TPSA) is 64.0 Å². The van der Waals surface area contributed by atoms with Crippen molar-refractivity contribution >= 4 is 15.8 Å². The van der Waals surface area contributed by atoms with Crippen LogP contribution in [0.25, 0.3) is 0 Å². The van der Waals surface area contributed by atoms with Gasteiger partial charge in [-0.1, -0.05) is 37.3 Å². The maximum absolute atomic E-state index is 12.1. The zero-order chi connectivity index (χ0) is 14.8. The third-order valence-electron chi connectivity index (χ3n) is 3.21. The molecule has 0 aliphatic carbocycles. The van der Waals surface area contributed by atoms with Gasteiger partial charge in [0, 0.05) is 18.8 Å². The van der Waals surface area contributed by atoms with Gasteiger partial charge >= 0.3 is 0 Å². The smallest absolute Gasteiger partial charge is 0.234 e. The van der Waals surface area contributed by atoms with E-state index in [4.69, 9.17) is 0 Å². The highest BCUT2D eigenvalue weighted by atomic mass is 32.2. The van der Waals surface area contributed by atoms with Crippen LogP contribution in [0.1, 0.15) is 24.1 Å². The molecule has 0 fully saturated rings. The second-order valence-electron chi connectivity index (χ2n) is 4.99. The van der Waals surface area contributed by atoms with Gasteiger partial charge in [-0.3, -0.25) is 9.40 Å². The summed E-state index contributed by atoms with van der Waals surface area (Å²) in [6, 6.07) is 11.3. The second kappa shape index (κ2) is 5.66. The molecule has 0 unspecified atom stereocenters. The highest BCUT2D eigenvalue weighted by molar-refractivity contribution is 7.92. The highest BCUT2D eigenvalue weighted by Gasteiger charge is 2.18. The monoisotopic (exact) mass is 293 g/mol. The van der Waals surface area contributed by atoms with Crippen molar-refractivity contribution in [2.24, 2.45) is 7.05 Å². The van der Waals surface area contributed by atoms with Crippen LogP contribution in [0.5, 0.6) is 0 Å². The first-order valence-electron chi connectivity index (χ1n) is 6.43. The molecule has 0 amide bonds. The Morgan fingerprint density at radius 2 is 1.95 bits per heavy atom. The molecular formula is C14H19N3O2S. The van der Waals surface area contributed by atoms with Crippen molar-refractivity contribution in [3.8, 4) is 0 Å². The minimum absolute atomic E-state index is 0.0344. The van der Waals surface area contributed by atoms with Gasteiger partial charge < -0.3 is 0 Å². The molecule has 1 N–H and O–H groups in total. The molecule has 2 aromatic rings. The van der Waals surface area contributed by atoms with Crippen molar-refractivity contribution in [3.05, 3.63) is 47.7 Å². The fourth-order valence-electron chi connectivity index (χ4n) is 2.02. The average molecular weight is 293 g/mol. The molecule has 0 saturated heterocycles. The van der Waals surface area contributed by atoms with Crippen LogP contribution >= 0.6 is 0 Å². The summed E-state index contributed by atoms with van der Waals surface area (Å²) in [4.78, 5) is 0. The van der Waals surface area contributed by atoms with Gasteiger partial charge in [0.15, 0.2) is 5.82 Å². The van der Waals surface area contributed by atoms with Crippen molar-refractivity contribution in [1.82, 2.24) is 9.78 Å². The molecule has 108 valence electrons. The van der Waals surface area contributed by atoms with E-state index in [1.54, 1.807) is 17.8 Å². The Balaban J connectivity index is 2.08. The average Bonchev–Trinajstić information content (AvgIpc) is 2.67. The van der Waals surface area contributed by atoms with Crippen LogP contribution in [0.4, 0.5) is 5.82 Å². The van der Waals surface area contributed by atoms with Gasteiger partial charge in [-0.05, 0) is 18.4 Å². The van der Waals surface area contributed by atoms with Gasteiger partial charge in [0.2, 0.25) is 10.0 Å². The summed E-state index contributed by atoms with van der Waals surface area (Å²) in [5, 5.41) is 4.10. The van der Waals surface area contributed by atoms with E-state index in [1.165, 1.54) is 0 Å². The van der Waals surface area contributed by atoms with Crippen molar-refractivity contribution in [2.45, 2.75) is 19.8 Å². The van der Waals surface area contributed by atoms with E-state index in [-0.39, 0.29) is 11.7 Å². The summed E-state index contributed by atoms with van der Waals surface area (Å²) in [6.45, 7) is 3.77. The minimum atomic E-state index is -3.41. The number of benzene rings is 1. The minimum Gasteiger partial charge on any atom is -0.271 e. The Kier molecular flexibility index (Phi) is 4.13. The van der Waals surface area contributed by atoms with Crippen LogP contribution in [0.15, 0.2) is 36.4 Å². The summed E-state index contributed by atoms with van der Waals surface area (Å²) >= 11 is 0. The fourth-order valence-corrected chi connectivity index (χ4v) is 3.37. The first kappa shape index (κ1) is 14.6. The number of nitrogens with one attached hydrogen (secondary N) is 1. The number of sulfonamides is 1. The van der Waals surface area contributed by atoms with E-state index in [9.17, 15) is 8.42 Å². The third kappa shape index (κ3) is 3.60. The molecule has 0 saturated carbocycles. The summed E-state index contributed by atoms with van der Waals surface area (Å²) in [6.07, 6.45) is 0. The van der Waals surface area contributed by atoms with Gasteiger partial charge in [-0.15, -0.1) is 0 Å². The lowest BCUT2D eigenvalue weighted by Gasteiger charge is -2.12. The van der Waals surface area contributed by atoms with Crippen LogP contribution in [0.3, 0.4) is 0 Å². The SMILES string of the molecule is Cc1cc(NS(=O)(=O)C[C@H](C)c2ccccc2)nn1C. The predicted octanol–water partition coefficient (Wildman–Crippen LogP) is 2.27. The van der Waals surface area contributed by atoms with Crippen molar-refractivity contribution < 1.29 is 8.42 Å². The summed E-state index contributed by atoms with van der Waals surface area (Å²) in [5.41, 5.74) is 1.91. The lowest BCUT2D eigenvalue weighted by Crippen LogP contribution is -2.20. The number of nitrogens with zero attached hydrogens (tertiary/aromatic N) is 2. The van der Waals surface area contributed by atoms with Gasteiger partial charge in [-0.2, -0.15) is 5.10 Å². The van der Waals surface area contributed by atoms with Gasteiger partial charge in [-0.25, -0.2) is 8.42 Å². The molecule has 1 heterocycles. The molecule has 0 bridgehead atoms. The van der Waals surface area contributed by atoms with Gasteiger partial charge in [0.05, 0.1) is 5.75 Å². The third-order valence-corrected chi connectivity index (χ3v) is 4.67. The van der Waals surface area contributed by atoms with Gasteiger partial charge in [0.1, 0.15) is 0 Å². The normalized spacial score (nSPS) is 13.2. The standard InChI is InChI=1S/C14H19N3O2S/c1-11(13-7-5-4-6-8-13)10-20(18,19)16-14-9-12(2)17(3)15-14/h4-9,11H,10H2,1-3H3,(H,15,16)/t11-/m0/s1. The van der Waals surface area contributed by atoms with Crippen LogP contribution < -0.4 is 4.72 Å². The quantitative estimate of drug-likeness (QED) is 0.919. The summed E-state index contributed by atoms with van der Waals surface area (Å²) in [5.74, 6) is 0.330. The van der Waals surface area contributed by atoms with Crippen molar-refractivity contribution in [1.29, 1.82) is 0 Å². The molecule has 6 heteroatoms. The number of hydrogen-bond donors (Lipinski definition) is 1. The second-order valence-corrected chi connectivity index (χ2v) is 6.76. The largest absolute Gasteiger partial charge is 0.271 e. The van der Waals surface area contributed by atoms with Crippen molar-refractivity contribution in [2.75, 3.05) is 10.5 Å². The highest BCUT2D eigenvalue weighted by Crippen LogP contribution is 2.18. The van der Waals surface area contributed by atoms with E-state index in [0.29, 0.717) is 5.82 Å². The lowest BCUT2D eigenvalue weighted by molar-refractivity contribution is 0.595. The van der Waals surface area contributed by atoms with E-state index < -0.39 is 10.0 Å². The first-order chi connectivity index (χ1) is 9.37. The van der Waals surface area contributed by atoms with E-state index in [2.05, 4.69) is 9.82 Å². The Hall–Kier alpha value is -1.82. The van der Waals surface area contributed by atoms with E-state index in [1.807, 2.05) is 44.2 Å². The maximum Gasteiger partial charge on any atom is 0.234 e. The molecule has 1 atom stereocenters. The predicted molar refractivity (Wildman–Crippen MR) is 80.2 cm³/mol. The fraction of sp³-hybridized carbons (Fsp3) is 0.357. The van der Waals surface area contributed by atoms with Crippen LogP contribution in [-0.2, 0) is 17.1 Å². The lowest BCUT2D eigenvalue weighted by atomic mass is 10.0. The first-order valence-corrected chi connectivity index (χ1v) is 8.09. The molecule has 0 aliphatic heterocycles. The molecule has 1 aromatic carbocycles. The molecule has 0 spiro atoms. The molecular weight excluding hydrogens is 274 g/mol. The Morgan fingerprint density at radius 3 is 2.50 bits per heavy atom. The molecule has 20 heavy (non-hydrogen) atoms. The Bertz CT molecular complexity index is 658. The summed E-state index contributed by atoms with van der Waals surface area (Å²) in [7, 11) is -1.63. The molecule has 0 radical (unpaired) electrons.